The molecule has 0 fully saturated rings. The molecule has 5 nitrogen and oxygen atoms in total. The Labute approximate surface area is 146 Å². The van der Waals surface area contributed by atoms with Gasteiger partial charge in [-0.25, -0.2) is 0 Å². The Bertz CT molecular complexity index is 816. The lowest BCUT2D eigenvalue weighted by Crippen LogP contribution is -2.30. The van der Waals surface area contributed by atoms with Gasteiger partial charge in [-0.05, 0) is 36.1 Å². The molecule has 1 amide bonds. The maximum Gasteiger partial charge on any atom is 0.290 e. The number of furan rings is 1. The molecule has 0 radical (unpaired) electrons. The number of Topliss-reactive ketones (excluding diaryl/α,β-unsaturated/α-hetero) is 1. The van der Waals surface area contributed by atoms with Gasteiger partial charge in [0.2, 0.25) is 0 Å². The highest BCUT2D eigenvalue weighted by molar-refractivity contribution is 6.08. The molecule has 1 aromatic heterocycles. The summed E-state index contributed by atoms with van der Waals surface area (Å²) in [4.78, 5) is 26.1. The standard InChI is InChI=1S/C20H21NO4/c1-12(2)14-6-8-15(9-7-14)18-17(13(3)22)19(23)20(24)21(18)11-16-5-4-10-25-16/h4-10,12,18,23H,11H2,1-3H3/t18-/m1/s1. The molecule has 2 aromatic rings. The lowest BCUT2D eigenvalue weighted by Gasteiger charge is -2.26. The predicted molar refractivity (Wildman–Crippen MR) is 92.9 cm³/mol. The zero-order valence-corrected chi connectivity index (χ0v) is 14.5. The van der Waals surface area contributed by atoms with E-state index in [-0.39, 0.29) is 17.9 Å². The molecule has 1 aromatic carbocycles. The molecule has 0 unspecified atom stereocenters. The molecule has 1 N–H and O–H groups in total. The van der Waals surface area contributed by atoms with Crippen LogP contribution in [0.1, 0.15) is 49.6 Å². The first-order chi connectivity index (χ1) is 11.9. The zero-order chi connectivity index (χ0) is 18.1. The molecule has 3 rings (SSSR count). The first-order valence-electron chi connectivity index (χ1n) is 8.27. The summed E-state index contributed by atoms with van der Waals surface area (Å²) in [5, 5.41) is 10.2. The molecule has 130 valence electrons. The monoisotopic (exact) mass is 339 g/mol. The van der Waals surface area contributed by atoms with Gasteiger partial charge >= 0.3 is 0 Å². The number of rotatable bonds is 5. The zero-order valence-electron chi connectivity index (χ0n) is 14.5. The lowest BCUT2D eigenvalue weighted by atomic mass is 9.94. The van der Waals surface area contributed by atoms with Crippen LogP contribution in [0.3, 0.4) is 0 Å². The second kappa shape index (κ2) is 6.59. The van der Waals surface area contributed by atoms with Gasteiger partial charge in [0.1, 0.15) is 5.76 Å². The maximum atomic E-state index is 12.5. The van der Waals surface area contributed by atoms with Crippen LogP contribution in [0.2, 0.25) is 0 Å². The second-order valence-electron chi connectivity index (χ2n) is 6.55. The van der Waals surface area contributed by atoms with E-state index in [2.05, 4.69) is 13.8 Å². The van der Waals surface area contributed by atoms with Crippen molar-refractivity contribution in [1.82, 2.24) is 4.90 Å². The largest absolute Gasteiger partial charge is 0.503 e. The molecule has 1 aliphatic heterocycles. The van der Waals surface area contributed by atoms with E-state index in [0.717, 1.165) is 5.56 Å². The fraction of sp³-hybridized carbons (Fsp3) is 0.300. The van der Waals surface area contributed by atoms with Gasteiger partial charge in [0, 0.05) is 0 Å². The predicted octanol–water partition coefficient (Wildman–Crippen LogP) is 3.89. The quantitative estimate of drug-likeness (QED) is 0.897. The van der Waals surface area contributed by atoms with Crippen LogP contribution in [0.4, 0.5) is 0 Å². The molecule has 0 saturated heterocycles. The van der Waals surface area contributed by atoms with Crippen molar-refractivity contribution in [1.29, 1.82) is 0 Å². The minimum Gasteiger partial charge on any atom is -0.503 e. The minimum atomic E-state index is -0.615. The molecular weight excluding hydrogens is 318 g/mol. The fourth-order valence-corrected chi connectivity index (χ4v) is 3.16. The van der Waals surface area contributed by atoms with E-state index in [4.69, 9.17) is 4.42 Å². The Balaban J connectivity index is 2.02. The number of hydrogen-bond acceptors (Lipinski definition) is 4. The number of aliphatic hydroxyl groups excluding tert-OH is 1. The molecule has 0 bridgehead atoms. The Morgan fingerprint density at radius 2 is 1.92 bits per heavy atom. The maximum absolute atomic E-state index is 12.5. The summed E-state index contributed by atoms with van der Waals surface area (Å²) in [6.07, 6.45) is 1.53. The van der Waals surface area contributed by atoms with Gasteiger partial charge in [0.05, 0.1) is 24.4 Å². The van der Waals surface area contributed by atoms with E-state index in [1.807, 2.05) is 24.3 Å². The first-order valence-corrected chi connectivity index (χ1v) is 8.27. The van der Waals surface area contributed by atoms with Crippen LogP contribution in [-0.2, 0) is 16.1 Å². The van der Waals surface area contributed by atoms with Gasteiger partial charge in [0.15, 0.2) is 11.5 Å². The van der Waals surface area contributed by atoms with Crippen molar-refractivity contribution in [2.24, 2.45) is 0 Å². The number of hydrogen-bond donors (Lipinski definition) is 1. The van der Waals surface area contributed by atoms with E-state index < -0.39 is 17.7 Å². The SMILES string of the molecule is CC(=O)C1=C(O)C(=O)N(Cc2ccco2)[C@@H]1c1ccc(C(C)C)cc1. The molecule has 0 spiro atoms. The average Bonchev–Trinajstić information content (AvgIpc) is 3.17. The van der Waals surface area contributed by atoms with Crippen molar-refractivity contribution < 1.29 is 19.1 Å². The normalized spacial score (nSPS) is 17.7. The fourth-order valence-electron chi connectivity index (χ4n) is 3.16. The summed E-state index contributed by atoms with van der Waals surface area (Å²) in [6, 6.07) is 10.7. The smallest absolute Gasteiger partial charge is 0.290 e. The number of carbonyl (C=O) groups excluding carboxylic acids is 2. The summed E-state index contributed by atoms with van der Waals surface area (Å²) < 4.78 is 5.33. The summed E-state index contributed by atoms with van der Waals surface area (Å²) in [5.41, 5.74) is 2.09. The molecule has 1 atom stereocenters. The Hall–Kier alpha value is -2.82. The van der Waals surface area contributed by atoms with Crippen molar-refractivity contribution >= 4 is 11.7 Å². The van der Waals surface area contributed by atoms with Crippen LogP contribution < -0.4 is 0 Å². The third-order valence-corrected chi connectivity index (χ3v) is 4.51. The highest BCUT2D eigenvalue weighted by Crippen LogP contribution is 2.39. The van der Waals surface area contributed by atoms with Crippen LogP contribution in [0.15, 0.2) is 58.4 Å². The number of ketones is 1. The first kappa shape index (κ1) is 17.0. The van der Waals surface area contributed by atoms with E-state index in [9.17, 15) is 14.7 Å². The highest BCUT2D eigenvalue weighted by atomic mass is 16.3. The van der Waals surface area contributed by atoms with E-state index in [1.165, 1.54) is 23.7 Å². The van der Waals surface area contributed by atoms with Crippen molar-refractivity contribution in [2.75, 3.05) is 0 Å². The third-order valence-electron chi connectivity index (χ3n) is 4.51. The topological polar surface area (TPSA) is 70.8 Å². The number of aliphatic hydroxyl groups is 1. The van der Waals surface area contributed by atoms with Crippen LogP contribution in [0.5, 0.6) is 0 Å². The minimum absolute atomic E-state index is 0.133. The molecule has 0 saturated carbocycles. The van der Waals surface area contributed by atoms with Crippen LogP contribution in [-0.4, -0.2) is 21.7 Å². The average molecular weight is 339 g/mol. The Morgan fingerprint density at radius 1 is 1.24 bits per heavy atom. The van der Waals surface area contributed by atoms with Gasteiger partial charge in [-0.1, -0.05) is 38.1 Å². The Morgan fingerprint density at radius 3 is 2.44 bits per heavy atom. The van der Waals surface area contributed by atoms with Crippen LogP contribution in [0.25, 0.3) is 0 Å². The molecule has 2 heterocycles. The second-order valence-corrected chi connectivity index (χ2v) is 6.55. The van der Waals surface area contributed by atoms with Gasteiger partial charge < -0.3 is 14.4 Å². The number of carbonyl (C=O) groups is 2. The summed E-state index contributed by atoms with van der Waals surface area (Å²) in [6.45, 7) is 5.75. The summed E-state index contributed by atoms with van der Waals surface area (Å²) in [7, 11) is 0. The molecule has 25 heavy (non-hydrogen) atoms. The lowest BCUT2D eigenvalue weighted by molar-refractivity contribution is -0.130. The number of nitrogens with zero attached hydrogens (tertiary/aromatic N) is 1. The van der Waals surface area contributed by atoms with E-state index in [1.54, 1.807) is 12.1 Å². The summed E-state index contributed by atoms with van der Waals surface area (Å²) >= 11 is 0. The van der Waals surface area contributed by atoms with Crippen molar-refractivity contribution in [3.05, 3.63) is 70.9 Å². The van der Waals surface area contributed by atoms with Gasteiger partial charge in [0.25, 0.3) is 5.91 Å². The molecule has 5 heteroatoms. The summed E-state index contributed by atoms with van der Waals surface area (Å²) in [5.74, 6) is -0.369. The Kier molecular flexibility index (Phi) is 4.49. The highest BCUT2D eigenvalue weighted by Gasteiger charge is 2.42. The van der Waals surface area contributed by atoms with Crippen molar-refractivity contribution in [3.8, 4) is 0 Å². The van der Waals surface area contributed by atoms with Crippen LogP contribution >= 0.6 is 0 Å². The van der Waals surface area contributed by atoms with Gasteiger partial charge in [-0.2, -0.15) is 0 Å². The van der Waals surface area contributed by atoms with Gasteiger partial charge in [-0.3, -0.25) is 9.59 Å². The number of benzene rings is 1. The van der Waals surface area contributed by atoms with E-state index >= 15 is 0 Å². The van der Waals surface area contributed by atoms with Crippen LogP contribution in [0, 0.1) is 0 Å². The number of amides is 1. The molecular formula is C20H21NO4. The van der Waals surface area contributed by atoms with Crippen molar-refractivity contribution in [3.63, 3.8) is 0 Å². The van der Waals surface area contributed by atoms with Crippen molar-refractivity contribution in [2.45, 2.75) is 39.3 Å². The molecule has 1 aliphatic rings. The third kappa shape index (κ3) is 3.09. The molecule has 0 aliphatic carbocycles. The van der Waals surface area contributed by atoms with Gasteiger partial charge in [-0.15, -0.1) is 0 Å². The van der Waals surface area contributed by atoms with E-state index in [0.29, 0.717) is 11.7 Å².